The second-order valence-corrected chi connectivity index (χ2v) is 7.53. The predicted molar refractivity (Wildman–Crippen MR) is 118 cm³/mol. The van der Waals surface area contributed by atoms with Gasteiger partial charge >= 0.3 is 6.18 Å². The summed E-state index contributed by atoms with van der Waals surface area (Å²) in [5.41, 5.74) is 1.01. The number of thiocarbonyl (C=S) groups is 1. The first-order valence-corrected chi connectivity index (χ1v) is 9.89. The van der Waals surface area contributed by atoms with E-state index < -0.39 is 23.6 Å². The van der Waals surface area contributed by atoms with Crippen molar-refractivity contribution in [3.63, 3.8) is 0 Å². The molecule has 0 atom stereocenters. The number of rotatable bonds is 3. The Morgan fingerprint density at radius 2 is 1.69 bits per heavy atom. The normalized spacial score (nSPS) is 15.9. The van der Waals surface area contributed by atoms with Crippen molar-refractivity contribution >= 4 is 40.9 Å². The molecule has 0 bridgehead atoms. The number of alkyl halides is 3. The summed E-state index contributed by atoms with van der Waals surface area (Å²) >= 11 is 5.19. The lowest BCUT2D eigenvalue weighted by atomic mass is 10.1. The summed E-state index contributed by atoms with van der Waals surface area (Å²) in [6, 6.07) is 15.1. The van der Waals surface area contributed by atoms with Crippen LogP contribution < -0.4 is 10.2 Å². The molecule has 162 valence electrons. The summed E-state index contributed by atoms with van der Waals surface area (Å²) in [4.78, 5) is 26.9. The third-order valence-electron chi connectivity index (χ3n) is 4.89. The average Bonchev–Trinajstić information content (AvgIpc) is 3.19. The SMILES string of the molecule is Cc1cccc(N2C(=O)/C(=C/c3cccn3-c3cccc(C(F)(F)F)c3)C(=O)NC2=S)c1. The zero-order valence-corrected chi connectivity index (χ0v) is 17.5. The topological polar surface area (TPSA) is 54.3 Å². The van der Waals surface area contributed by atoms with Crippen LogP contribution in [-0.4, -0.2) is 21.5 Å². The van der Waals surface area contributed by atoms with Gasteiger partial charge in [-0.25, -0.2) is 0 Å². The van der Waals surface area contributed by atoms with Gasteiger partial charge in [-0.3, -0.25) is 19.8 Å². The van der Waals surface area contributed by atoms with Gasteiger partial charge in [0.15, 0.2) is 5.11 Å². The van der Waals surface area contributed by atoms with Crippen molar-refractivity contribution in [3.8, 4) is 5.69 Å². The minimum Gasteiger partial charge on any atom is -0.317 e. The number of carbonyl (C=O) groups is 2. The first-order chi connectivity index (χ1) is 15.1. The van der Waals surface area contributed by atoms with Crippen molar-refractivity contribution in [2.24, 2.45) is 0 Å². The minimum atomic E-state index is -4.50. The summed E-state index contributed by atoms with van der Waals surface area (Å²) in [5.74, 6) is -1.30. The maximum absolute atomic E-state index is 13.2. The van der Waals surface area contributed by atoms with Gasteiger partial charge in [0.25, 0.3) is 11.8 Å². The average molecular weight is 455 g/mol. The molecule has 3 aromatic rings. The quantitative estimate of drug-likeness (QED) is 0.356. The number of carbonyl (C=O) groups excluding carboxylic acids is 2. The Bertz CT molecular complexity index is 1280. The first kappa shape index (κ1) is 21.5. The summed E-state index contributed by atoms with van der Waals surface area (Å²) in [5, 5.41) is 2.45. The number of nitrogens with zero attached hydrogens (tertiary/aromatic N) is 2. The van der Waals surface area contributed by atoms with Gasteiger partial charge in [0, 0.05) is 17.6 Å². The molecular formula is C23H16F3N3O2S. The molecule has 0 saturated carbocycles. The number of halogens is 3. The highest BCUT2D eigenvalue weighted by molar-refractivity contribution is 7.80. The number of aryl methyl sites for hydroxylation is 1. The van der Waals surface area contributed by atoms with Crippen molar-refractivity contribution in [2.45, 2.75) is 13.1 Å². The number of hydrogen-bond acceptors (Lipinski definition) is 3. The van der Waals surface area contributed by atoms with Crippen molar-refractivity contribution in [2.75, 3.05) is 4.90 Å². The molecule has 2 amide bonds. The minimum absolute atomic E-state index is 0.0454. The van der Waals surface area contributed by atoms with Crippen molar-refractivity contribution in [1.82, 2.24) is 9.88 Å². The Labute approximate surface area is 186 Å². The van der Waals surface area contributed by atoms with E-state index in [9.17, 15) is 22.8 Å². The summed E-state index contributed by atoms with van der Waals surface area (Å²) in [7, 11) is 0. The van der Waals surface area contributed by atoms with Crippen LogP contribution in [0, 0.1) is 6.92 Å². The summed E-state index contributed by atoms with van der Waals surface area (Å²) in [6.07, 6.45) is -1.61. The Morgan fingerprint density at radius 3 is 2.41 bits per heavy atom. The number of anilines is 1. The first-order valence-electron chi connectivity index (χ1n) is 9.48. The van der Waals surface area contributed by atoms with Crippen LogP contribution in [0.25, 0.3) is 11.8 Å². The van der Waals surface area contributed by atoms with Gasteiger partial charge in [-0.1, -0.05) is 18.2 Å². The zero-order valence-electron chi connectivity index (χ0n) is 16.7. The molecular weight excluding hydrogens is 439 g/mol. The lowest BCUT2D eigenvalue weighted by Crippen LogP contribution is -2.54. The van der Waals surface area contributed by atoms with E-state index in [1.807, 2.05) is 13.0 Å². The Kier molecular flexibility index (Phi) is 5.43. The predicted octanol–water partition coefficient (Wildman–Crippen LogP) is 4.64. The second-order valence-electron chi connectivity index (χ2n) is 7.15. The largest absolute Gasteiger partial charge is 0.416 e. The molecule has 5 nitrogen and oxygen atoms in total. The molecule has 32 heavy (non-hydrogen) atoms. The highest BCUT2D eigenvalue weighted by atomic mass is 32.1. The van der Waals surface area contributed by atoms with Crippen LogP contribution in [0.1, 0.15) is 16.8 Å². The van der Waals surface area contributed by atoms with Crippen molar-refractivity contribution in [3.05, 3.63) is 89.3 Å². The maximum Gasteiger partial charge on any atom is 0.416 e. The van der Waals surface area contributed by atoms with E-state index in [1.165, 1.54) is 27.7 Å². The summed E-state index contributed by atoms with van der Waals surface area (Å²) in [6.45, 7) is 1.86. The molecule has 0 radical (unpaired) electrons. The fourth-order valence-electron chi connectivity index (χ4n) is 3.39. The summed E-state index contributed by atoms with van der Waals surface area (Å²) < 4.78 is 40.8. The molecule has 0 aliphatic carbocycles. The molecule has 1 fully saturated rings. The van der Waals surface area contributed by atoms with Crippen molar-refractivity contribution < 1.29 is 22.8 Å². The third kappa shape index (κ3) is 4.06. The second kappa shape index (κ2) is 8.08. The van der Waals surface area contributed by atoms with Gasteiger partial charge in [0.2, 0.25) is 0 Å². The van der Waals surface area contributed by atoms with Crippen LogP contribution in [0.5, 0.6) is 0 Å². The Hall–Kier alpha value is -3.72. The molecule has 2 heterocycles. The molecule has 9 heteroatoms. The van der Waals surface area contributed by atoms with Gasteiger partial charge in [0.05, 0.1) is 11.3 Å². The van der Waals surface area contributed by atoms with Crippen LogP contribution in [-0.2, 0) is 15.8 Å². The highest BCUT2D eigenvalue weighted by Gasteiger charge is 2.35. The Balaban J connectivity index is 1.75. The van der Waals surface area contributed by atoms with E-state index in [0.717, 1.165) is 17.7 Å². The van der Waals surface area contributed by atoms with E-state index in [0.29, 0.717) is 11.4 Å². The zero-order chi connectivity index (χ0) is 23.0. The number of benzene rings is 2. The molecule has 1 aliphatic rings. The van der Waals surface area contributed by atoms with Crippen LogP contribution in [0.2, 0.25) is 0 Å². The molecule has 4 rings (SSSR count). The van der Waals surface area contributed by atoms with E-state index >= 15 is 0 Å². The highest BCUT2D eigenvalue weighted by Crippen LogP contribution is 2.31. The molecule has 2 aromatic carbocycles. The van der Waals surface area contributed by atoms with Crippen LogP contribution >= 0.6 is 12.2 Å². The monoisotopic (exact) mass is 455 g/mol. The van der Waals surface area contributed by atoms with Gasteiger partial charge in [-0.05, 0) is 73.2 Å². The van der Waals surface area contributed by atoms with Crippen LogP contribution in [0.4, 0.5) is 18.9 Å². The molecule has 1 saturated heterocycles. The van der Waals surface area contributed by atoms with Gasteiger partial charge in [-0.2, -0.15) is 13.2 Å². The van der Waals surface area contributed by atoms with Gasteiger partial charge in [-0.15, -0.1) is 0 Å². The smallest absolute Gasteiger partial charge is 0.317 e. The van der Waals surface area contributed by atoms with Crippen LogP contribution in [0.3, 0.4) is 0 Å². The molecule has 0 spiro atoms. The van der Waals surface area contributed by atoms with Crippen molar-refractivity contribution in [1.29, 1.82) is 0 Å². The third-order valence-corrected chi connectivity index (χ3v) is 5.17. The number of amides is 2. The lowest BCUT2D eigenvalue weighted by Gasteiger charge is -2.29. The number of hydrogen-bond donors (Lipinski definition) is 1. The van der Waals surface area contributed by atoms with E-state index in [-0.39, 0.29) is 16.4 Å². The Morgan fingerprint density at radius 1 is 0.969 bits per heavy atom. The number of nitrogens with one attached hydrogen (secondary N) is 1. The molecule has 1 aromatic heterocycles. The molecule has 0 unspecified atom stereocenters. The standard InChI is InChI=1S/C23H16F3N3O2S/c1-14-5-2-8-18(11-14)29-21(31)19(20(30)27-22(29)32)13-17-9-4-10-28(17)16-7-3-6-15(12-16)23(24,25)26/h2-13H,1H3,(H,27,30,32)/b19-13+. The van der Waals surface area contributed by atoms with Gasteiger partial charge in [0.1, 0.15) is 5.57 Å². The van der Waals surface area contributed by atoms with E-state index in [1.54, 1.807) is 36.5 Å². The molecule has 1 aliphatic heterocycles. The fourth-order valence-corrected chi connectivity index (χ4v) is 3.67. The number of aromatic nitrogens is 1. The lowest BCUT2D eigenvalue weighted by molar-refractivity contribution is -0.137. The van der Waals surface area contributed by atoms with Crippen LogP contribution in [0.15, 0.2) is 72.4 Å². The van der Waals surface area contributed by atoms with E-state index in [2.05, 4.69) is 5.32 Å². The fraction of sp³-hybridized carbons (Fsp3) is 0.0870. The molecule has 1 N–H and O–H groups in total. The maximum atomic E-state index is 13.2. The van der Waals surface area contributed by atoms with Gasteiger partial charge < -0.3 is 4.57 Å². The van der Waals surface area contributed by atoms with E-state index in [4.69, 9.17) is 12.2 Å².